The van der Waals surface area contributed by atoms with Crippen LogP contribution in [0.4, 0.5) is 0 Å². The molecular formula is C21H21NO6. The number of carboxylic acid groups (broad SMARTS) is 1. The zero-order valence-corrected chi connectivity index (χ0v) is 15.8. The van der Waals surface area contributed by atoms with Crippen LogP contribution in [0.2, 0.25) is 0 Å². The first-order valence-electron chi connectivity index (χ1n) is 8.23. The number of ether oxygens (including phenoxy) is 3. The fourth-order valence-electron chi connectivity index (χ4n) is 2.60. The molecule has 0 fully saturated rings. The maximum absolute atomic E-state index is 12.0. The first-order chi connectivity index (χ1) is 13.4. The highest BCUT2D eigenvalue weighted by atomic mass is 16.5. The number of methoxy groups -OCH3 is 3. The van der Waals surface area contributed by atoms with Crippen LogP contribution in [0.25, 0.3) is 12.2 Å². The summed E-state index contributed by atoms with van der Waals surface area (Å²) >= 11 is 0. The van der Waals surface area contributed by atoms with Gasteiger partial charge in [0.15, 0.2) is 11.5 Å². The number of amides is 1. The number of hydrogen-bond donors (Lipinski definition) is 2. The number of carbonyl (C=O) groups excluding carboxylic acids is 1. The number of carboxylic acids is 1. The molecule has 1 amide bonds. The van der Waals surface area contributed by atoms with Gasteiger partial charge in [-0.15, -0.1) is 0 Å². The topological polar surface area (TPSA) is 108 Å². The predicted molar refractivity (Wildman–Crippen MR) is 105 cm³/mol. The van der Waals surface area contributed by atoms with Crippen molar-refractivity contribution in [2.45, 2.75) is 0 Å². The second-order valence-electron chi connectivity index (χ2n) is 5.65. The van der Waals surface area contributed by atoms with Crippen LogP contribution in [0.5, 0.6) is 17.2 Å². The van der Waals surface area contributed by atoms with Crippen molar-refractivity contribution in [2.75, 3.05) is 21.3 Å². The summed E-state index contributed by atoms with van der Waals surface area (Å²) in [4.78, 5) is 23.8. The SMILES string of the molecule is COc1cc(/C=C(C(=O)O)\C(=C\c2ccccc2)C(N)=O)cc(OC)c1OC. The molecule has 28 heavy (non-hydrogen) atoms. The van der Waals surface area contributed by atoms with E-state index in [4.69, 9.17) is 19.9 Å². The van der Waals surface area contributed by atoms with Crippen molar-refractivity contribution in [2.24, 2.45) is 5.73 Å². The van der Waals surface area contributed by atoms with Gasteiger partial charge in [-0.05, 0) is 35.4 Å². The monoisotopic (exact) mass is 383 g/mol. The van der Waals surface area contributed by atoms with E-state index in [-0.39, 0.29) is 11.1 Å². The Bertz CT molecular complexity index is 906. The van der Waals surface area contributed by atoms with E-state index in [1.165, 1.54) is 33.5 Å². The molecule has 7 heteroatoms. The van der Waals surface area contributed by atoms with Crippen molar-refractivity contribution in [3.63, 3.8) is 0 Å². The van der Waals surface area contributed by atoms with E-state index in [1.54, 1.807) is 36.4 Å². The van der Waals surface area contributed by atoms with Crippen LogP contribution in [-0.4, -0.2) is 38.3 Å². The Morgan fingerprint density at radius 1 is 0.857 bits per heavy atom. The Labute approximate surface area is 162 Å². The molecule has 0 unspecified atom stereocenters. The third-order valence-electron chi connectivity index (χ3n) is 3.89. The molecule has 3 N–H and O–H groups in total. The molecule has 2 aromatic rings. The number of benzene rings is 2. The van der Waals surface area contributed by atoms with Gasteiger partial charge < -0.3 is 25.1 Å². The Morgan fingerprint density at radius 2 is 1.39 bits per heavy atom. The normalized spacial score (nSPS) is 11.7. The summed E-state index contributed by atoms with van der Waals surface area (Å²) in [5, 5.41) is 9.68. The van der Waals surface area contributed by atoms with Gasteiger partial charge in [0, 0.05) is 0 Å². The minimum atomic E-state index is -1.30. The van der Waals surface area contributed by atoms with E-state index in [1.807, 2.05) is 6.07 Å². The summed E-state index contributed by atoms with van der Waals surface area (Å²) in [6, 6.07) is 12.0. The molecule has 0 heterocycles. The second kappa shape index (κ2) is 9.27. The number of rotatable bonds is 8. The smallest absolute Gasteiger partial charge is 0.336 e. The van der Waals surface area contributed by atoms with E-state index < -0.39 is 11.9 Å². The highest BCUT2D eigenvalue weighted by Gasteiger charge is 2.20. The predicted octanol–water partition coefficient (Wildman–Crippen LogP) is 2.75. The van der Waals surface area contributed by atoms with Gasteiger partial charge in [-0.2, -0.15) is 0 Å². The lowest BCUT2D eigenvalue weighted by Gasteiger charge is -2.13. The van der Waals surface area contributed by atoms with Crippen LogP contribution >= 0.6 is 0 Å². The van der Waals surface area contributed by atoms with E-state index in [9.17, 15) is 14.7 Å². The van der Waals surface area contributed by atoms with Gasteiger partial charge >= 0.3 is 5.97 Å². The van der Waals surface area contributed by atoms with Crippen molar-refractivity contribution in [1.82, 2.24) is 0 Å². The maximum atomic E-state index is 12.0. The third kappa shape index (κ3) is 4.70. The van der Waals surface area contributed by atoms with Crippen molar-refractivity contribution in [3.8, 4) is 17.2 Å². The Morgan fingerprint density at radius 3 is 1.82 bits per heavy atom. The molecule has 0 atom stereocenters. The fraction of sp³-hybridized carbons (Fsp3) is 0.143. The molecule has 0 bridgehead atoms. The molecule has 7 nitrogen and oxygen atoms in total. The van der Waals surface area contributed by atoms with Crippen LogP contribution in [0.15, 0.2) is 53.6 Å². The lowest BCUT2D eigenvalue weighted by atomic mass is 9.99. The maximum Gasteiger partial charge on any atom is 0.336 e. The zero-order chi connectivity index (χ0) is 20.7. The molecule has 2 aromatic carbocycles. The number of aliphatic carboxylic acids is 1. The quantitative estimate of drug-likeness (QED) is 0.536. The minimum absolute atomic E-state index is 0.132. The fourth-order valence-corrected chi connectivity index (χ4v) is 2.60. The number of nitrogens with two attached hydrogens (primary N) is 1. The largest absolute Gasteiger partial charge is 0.493 e. The van der Waals surface area contributed by atoms with Gasteiger partial charge in [0.1, 0.15) is 0 Å². The van der Waals surface area contributed by atoms with Crippen LogP contribution in [0.3, 0.4) is 0 Å². The summed E-state index contributed by atoms with van der Waals surface area (Å²) < 4.78 is 15.8. The van der Waals surface area contributed by atoms with Gasteiger partial charge in [0.25, 0.3) is 0 Å². The van der Waals surface area contributed by atoms with E-state index >= 15 is 0 Å². The van der Waals surface area contributed by atoms with E-state index in [2.05, 4.69) is 0 Å². The van der Waals surface area contributed by atoms with Crippen LogP contribution in [-0.2, 0) is 9.59 Å². The lowest BCUT2D eigenvalue weighted by molar-refractivity contribution is -0.132. The van der Waals surface area contributed by atoms with Crippen LogP contribution in [0.1, 0.15) is 11.1 Å². The molecule has 0 aliphatic heterocycles. The average molecular weight is 383 g/mol. The molecule has 0 aromatic heterocycles. The molecule has 0 aliphatic carbocycles. The number of carbonyl (C=O) groups is 2. The van der Waals surface area contributed by atoms with Crippen LogP contribution in [0, 0.1) is 0 Å². The van der Waals surface area contributed by atoms with Crippen molar-refractivity contribution in [3.05, 3.63) is 64.7 Å². The zero-order valence-electron chi connectivity index (χ0n) is 15.8. The molecule has 0 saturated carbocycles. The Balaban J connectivity index is 2.65. The summed E-state index contributed by atoms with van der Waals surface area (Å²) in [5.41, 5.74) is 6.15. The Kier molecular flexibility index (Phi) is 6.81. The Hall–Kier alpha value is -3.74. The van der Waals surface area contributed by atoms with Gasteiger partial charge in [0.05, 0.1) is 32.5 Å². The highest BCUT2D eigenvalue weighted by molar-refractivity contribution is 6.13. The molecule has 0 saturated heterocycles. The lowest BCUT2D eigenvalue weighted by Crippen LogP contribution is -2.19. The van der Waals surface area contributed by atoms with Gasteiger partial charge in [-0.1, -0.05) is 30.3 Å². The average Bonchev–Trinajstić information content (AvgIpc) is 2.70. The molecule has 2 rings (SSSR count). The summed E-state index contributed by atoms with van der Waals surface area (Å²) in [6.07, 6.45) is 2.76. The molecular weight excluding hydrogens is 362 g/mol. The number of primary amides is 1. The van der Waals surface area contributed by atoms with Gasteiger partial charge in [-0.25, -0.2) is 4.79 Å². The summed E-state index contributed by atoms with van der Waals surface area (Å²) in [5.74, 6) is -1.08. The van der Waals surface area contributed by atoms with Gasteiger partial charge in [-0.3, -0.25) is 4.79 Å². The minimum Gasteiger partial charge on any atom is -0.493 e. The van der Waals surface area contributed by atoms with Crippen molar-refractivity contribution in [1.29, 1.82) is 0 Å². The van der Waals surface area contributed by atoms with Gasteiger partial charge in [0.2, 0.25) is 11.7 Å². The molecule has 0 radical (unpaired) electrons. The van der Waals surface area contributed by atoms with Crippen LogP contribution < -0.4 is 19.9 Å². The molecule has 146 valence electrons. The third-order valence-corrected chi connectivity index (χ3v) is 3.89. The standard InChI is InChI=1S/C21H21NO6/c1-26-17-11-14(12-18(27-2)19(17)28-3)10-16(21(24)25)15(20(22)23)9-13-7-5-4-6-8-13/h4-12H,1-3H3,(H2,22,23)(H,24,25)/b15-9-,16-10+. The first kappa shape index (κ1) is 20.6. The summed E-state index contributed by atoms with van der Waals surface area (Å²) in [7, 11) is 4.37. The summed E-state index contributed by atoms with van der Waals surface area (Å²) in [6.45, 7) is 0. The van der Waals surface area contributed by atoms with E-state index in [0.29, 0.717) is 28.4 Å². The van der Waals surface area contributed by atoms with E-state index in [0.717, 1.165) is 0 Å². The first-order valence-corrected chi connectivity index (χ1v) is 8.23. The highest BCUT2D eigenvalue weighted by Crippen LogP contribution is 2.39. The van der Waals surface area contributed by atoms with Crippen molar-refractivity contribution >= 4 is 24.0 Å². The molecule has 0 spiro atoms. The van der Waals surface area contributed by atoms with Crippen molar-refractivity contribution < 1.29 is 28.9 Å². The second-order valence-corrected chi connectivity index (χ2v) is 5.65. The number of hydrogen-bond acceptors (Lipinski definition) is 5. The molecule has 0 aliphatic rings.